The number of nitrogens with one attached hydrogen (secondary N) is 1. The number of carbonyl (C=O) groups excluding carboxylic acids is 1. The normalized spacial score (nSPS) is 17.2. The van der Waals surface area contributed by atoms with Crippen LogP contribution < -0.4 is 5.32 Å². The third-order valence-corrected chi connectivity index (χ3v) is 5.22. The molecular formula is C18H11Cl2F3N2O2S. The molecule has 1 heterocycles. The van der Waals surface area contributed by atoms with Gasteiger partial charge in [-0.25, -0.2) is 0 Å². The minimum Gasteiger partial charge on any atom is -0.389 e. The Hall–Kier alpha value is -2.16. The SMILES string of the molecule is O=C1NC(=NOCc2c(Cl)cccc2Cl)S/C1=C\c1ccccc1C(F)(F)F. The molecule has 4 nitrogen and oxygen atoms in total. The Morgan fingerprint density at radius 2 is 1.79 bits per heavy atom. The van der Waals surface area contributed by atoms with Gasteiger partial charge in [0.2, 0.25) is 5.17 Å². The first kappa shape index (κ1) is 20.6. The van der Waals surface area contributed by atoms with Crippen LogP contribution in [0.25, 0.3) is 6.08 Å². The molecule has 1 fully saturated rings. The number of nitrogens with zero attached hydrogens (tertiary/aromatic N) is 1. The van der Waals surface area contributed by atoms with Gasteiger partial charge < -0.3 is 4.84 Å². The minimum absolute atomic E-state index is 0.0333. The number of amides is 1. The number of oxime groups is 1. The summed E-state index contributed by atoms with van der Waals surface area (Å²) in [6, 6.07) is 9.96. The summed E-state index contributed by atoms with van der Waals surface area (Å²) in [5, 5.41) is 7.12. The first-order chi connectivity index (χ1) is 13.3. The maximum atomic E-state index is 13.1. The summed E-state index contributed by atoms with van der Waals surface area (Å²) in [5.74, 6) is -0.569. The quantitative estimate of drug-likeness (QED) is 0.483. The summed E-state index contributed by atoms with van der Waals surface area (Å²) in [4.78, 5) is 17.3. The largest absolute Gasteiger partial charge is 0.416 e. The molecule has 0 radical (unpaired) electrons. The second-order valence-corrected chi connectivity index (χ2v) is 7.36. The number of carbonyl (C=O) groups is 1. The van der Waals surface area contributed by atoms with E-state index in [4.69, 9.17) is 28.0 Å². The molecule has 0 bridgehead atoms. The lowest BCUT2D eigenvalue weighted by Gasteiger charge is -2.09. The minimum atomic E-state index is -4.53. The molecule has 0 spiro atoms. The van der Waals surface area contributed by atoms with Gasteiger partial charge in [0.25, 0.3) is 5.91 Å². The summed E-state index contributed by atoms with van der Waals surface area (Å²) >= 11 is 12.9. The molecule has 10 heteroatoms. The third kappa shape index (κ3) is 4.81. The van der Waals surface area contributed by atoms with Gasteiger partial charge in [0.05, 0.1) is 10.5 Å². The van der Waals surface area contributed by atoms with E-state index >= 15 is 0 Å². The number of hydrogen-bond donors (Lipinski definition) is 1. The number of rotatable bonds is 4. The second-order valence-electron chi connectivity index (χ2n) is 5.52. The van der Waals surface area contributed by atoms with Gasteiger partial charge in [-0.2, -0.15) is 13.2 Å². The monoisotopic (exact) mass is 446 g/mol. The van der Waals surface area contributed by atoms with E-state index in [0.717, 1.165) is 23.9 Å². The van der Waals surface area contributed by atoms with Crippen molar-refractivity contribution in [2.24, 2.45) is 5.16 Å². The van der Waals surface area contributed by atoms with E-state index in [1.54, 1.807) is 18.2 Å². The van der Waals surface area contributed by atoms with Crippen LogP contribution in [0.15, 0.2) is 52.5 Å². The molecule has 0 atom stereocenters. The molecule has 0 unspecified atom stereocenters. The Morgan fingerprint density at radius 1 is 1.11 bits per heavy atom. The molecule has 0 aromatic heterocycles. The molecular weight excluding hydrogens is 436 g/mol. The molecule has 146 valence electrons. The lowest BCUT2D eigenvalue weighted by atomic mass is 10.1. The summed E-state index contributed by atoms with van der Waals surface area (Å²) in [6.07, 6.45) is -3.36. The fourth-order valence-corrected chi connectivity index (χ4v) is 3.60. The van der Waals surface area contributed by atoms with Gasteiger partial charge in [0, 0.05) is 15.6 Å². The van der Waals surface area contributed by atoms with Crippen molar-refractivity contribution in [2.75, 3.05) is 0 Å². The van der Waals surface area contributed by atoms with Crippen LogP contribution in [-0.2, 0) is 22.4 Å². The topological polar surface area (TPSA) is 50.7 Å². The van der Waals surface area contributed by atoms with Gasteiger partial charge >= 0.3 is 6.18 Å². The van der Waals surface area contributed by atoms with Crippen molar-refractivity contribution < 1.29 is 22.8 Å². The predicted molar refractivity (Wildman–Crippen MR) is 104 cm³/mol. The average Bonchev–Trinajstić information content (AvgIpc) is 2.96. The predicted octanol–water partition coefficient (Wildman–Crippen LogP) is 5.70. The van der Waals surface area contributed by atoms with Crippen molar-refractivity contribution >= 4 is 52.1 Å². The molecule has 1 amide bonds. The molecule has 3 rings (SSSR count). The average molecular weight is 447 g/mol. The van der Waals surface area contributed by atoms with E-state index in [0.29, 0.717) is 15.6 Å². The molecule has 28 heavy (non-hydrogen) atoms. The molecule has 1 N–H and O–H groups in total. The standard InChI is InChI=1S/C18H11Cl2F3N2O2S/c19-13-6-3-7-14(20)11(13)9-27-25-17-24-16(26)15(28-17)8-10-4-1-2-5-12(10)18(21,22)23/h1-8H,9H2,(H,24,25,26)/b15-8-. The van der Waals surface area contributed by atoms with Crippen molar-refractivity contribution in [3.63, 3.8) is 0 Å². The summed E-state index contributed by atoms with van der Waals surface area (Å²) in [6.45, 7) is -0.0333. The van der Waals surface area contributed by atoms with Crippen molar-refractivity contribution in [3.8, 4) is 0 Å². The zero-order valence-corrected chi connectivity index (χ0v) is 16.2. The van der Waals surface area contributed by atoms with E-state index < -0.39 is 17.6 Å². The van der Waals surface area contributed by atoms with Crippen molar-refractivity contribution in [2.45, 2.75) is 12.8 Å². The number of thioether (sulfide) groups is 1. The number of benzene rings is 2. The van der Waals surface area contributed by atoms with E-state index in [2.05, 4.69) is 10.5 Å². The van der Waals surface area contributed by atoms with Crippen molar-refractivity contribution in [1.29, 1.82) is 0 Å². The third-order valence-electron chi connectivity index (χ3n) is 3.62. The summed E-state index contributed by atoms with van der Waals surface area (Å²) in [7, 11) is 0. The highest BCUT2D eigenvalue weighted by atomic mass is 35.5. The number of alkyl halides is 3. The smallest absolute Gasteiger partial charge is 0.389 e. The van der Waals surface area contributed by atoms with Gasteiger partial charge in [-0.1, -0.05) is 52.6 Å². The first-order valence-electron chi connectivity index (χ1n) is 7.75. The van der Waals surface area contributed by atoms with Gasteiger partial charge in [0.1, 0.15) is 6.61 Å². The van der Waals surface area contributed by atoms with Gasteiger partial charge in [0.15, 0.2) is 0 Å². The zero-order chi connectivity index (χ0) is 20.3. The maximum absolute atomic E-state index is 13.1. The van der Waals surface area contributed by atoms with E-state index in [-0.39, 0.29) is 22.2 Å². The summed E-state index contributed by atoms with van der Waals surface area (Å²) in [5.41, 5.74) is -0.414. The fourth-order valence-electron chi connectivity index (χ4n) is 2.32. The van der Waals surface area contributed by atoms with Crippen molar-refractivity contribution in [1.82, 2.24) is 5.32 Å². The van der Waals surface area contributed by atoms with Crippen LogP contribution in [0.5, 0.6) is 0 Å². The van der Waals surface area contributed by atoms with E-state index in [1.165, 1.54) is 18.2 Å². The molecule has 2 aromatic carbocycles. The fraction of sp³-hybridized carbons (Fsp3) is 0.111. The van der Waals surface area contributed by atoms with Gasteiger partial charge in [-0.05, 0) is 41.6 Å². The molecule has 1 saturated heterocycles. The number of amidine groups is 1. The van der Waals surface area contributed by atoms with E-state index in [9.17, 15) is 18.0 Å². The Bertz CT molecular complexity index is 957. The van der Waals surface area contributed by atoms with Crippen LogP contribution in [-0.4, -0.2) is 11.1 Å². The highest BCUT2D eigenvalue weighted by molar-refractivity contribution is 8.18. The van der Waals surface area contributed by atoms with Crippen LogP contribution in [0.2, 0.25) is 10.0 Å². The Balaban J connectivity index is 1.74. The number of halogens is 5. The van der Waals surface area contributed by atoms with E-state index in [1.807, 2.05) is 0 Å². The Labute approximate surface area is 172 Å². The zero-order valence-electron chi connectivity index (χ0n) is 13.9. The lowest BCUT2D eigenvalue weighted by Crippen LogP contribution is -2.20. The highest BCUT2D eigenvalue weighted by Crippen LogP contribution is 2.35. The van der Waals surface area contributed by atoms with Crippen LogP contribution in [0, 0.1) is 0 Å². The van der Waals surface area contributed by atoms with Gasteiger partial charge in [-0.15, -0.1) is 0 Å². The van der Waals surface area contributed by atoms with Gasteiger partial charge in [-0.3, -0.25) is 10.1 Å². The van der Waals surface area contributed by atoms with Crippen LogP contribution in [0.3, 0.4) is 0 Å². The second kappa shape index (κ2) is 8.46. The summed E-state index contributed by atoms with van der Waals surface area (Å²) < 4.78 is 39.3. The van der Waals surface area contributed by atoms with Crippen LogP contribution in [0.4, 0.5) is 13.2 Å². The lowest BCUT2D eigenvalue weighted by molar-refractivity contribution is -0.137. The molecule has 0 saturated carbocycles. The molecule has 2 aromatic rings. The van der Waals surface area contributed by atoms with Crippen LogP contribution in [0.1, 0.15) is 16.7 Å². The molecule has 1 aliphatic heterocycles. The Kier molecular flexibility index (Phi) is 6.22. The maximum Gasteiger partial charge on any atom is 0.416 e. The van der Waals surface area contributed by atoms with Crippen molar-refractivity contribution in [3.05, 3.63) is 74.1 Å². The molecule has 1 aliphatic rings. The number of hydrogen-bond acceptors (Lipinski definition) is 4. The Morgan fingerprint density at radius 3 is 2.46 bits per heavy atom. The molecule has 0 aliphatic carbocycles. The van der Waals surface area contributed by atoms with Crippen LogP contribution >= 0.6 is 35.0 Å². The highest BCUT2D eigenvalue weighted by Gasteiger charge is 2.33. The first-order valence-corrected chi connectivity index (χ1v) is 9.33.